The second-order valence-corrected chi connectivity index (χ2v) is 7.96. The first kappa shape index (κ1) is 21.3. The van der Waals surface area contributed by atoms with Crippen molar-refractivity contribution in [3.63, 3.8) is 0 Å². The first-order chi connectivity index (χ1) is 15.4. The molecule has 2 N–H and O–H groups in total. The summed E-state index contributed by atoms with van der Waals surface area (Å²) in [6.45, 7) is 1.88. The molecule has 0 bridgehead atoms. The third kappa shape index (κ3) is 3.76. The molecule has 0 saturated heterocycles. The summed E-state index contributed by atoms with van der Waals surface area (Å²) in [5.74, 6) is -2.53. The summed E-state index contributed by atoms with van der Waals surface area (Å²) in [5.41, 5.74) is 0.868. The van der Waals surface area contributed by atoms with Crippen molar-refractivity contribution < 1.29 is 29.3 Å². The Hall–Kier alpha value is -3.91. The van der Waals surface area contributed by atoms with Gasteiger partial charge in [-0.1, -0.05) is 24.3 Å². The summed E-state index contributed by atoms with van der Waals surface area (Å²) in [5, 5.41) is 22.5. The number of aliphatic hydroxyl groups is 1. The highest BCUT2D eigenvalue weighted by atomic mass is 32.1. The van der Waals surface area contributed by atoms with Gasteiger partial charge in [0.2, 0.25) is 5.78 Å². The maximum Gasteiger partial charge on any atom is 0.338 e. The summed E-state index contributed by atoms with van der Waals surface area (Å²) in [6, 6.07) is 14.7. The molecule has 4 rings (SSSR count). The summed E-state index contributed by atoms with van der Waals surface area (Å²) < 4.78 is 5.04. The molecular weight excluding hydrogens is 430 g/mol. The number of nitrogens with zero attached hydrogens (tertiary/aromatic N) is 1. The molecule has 1 aliphatic rings. The number of ketones is 1. The fourth-order valence-electron chi connectivity index (χ4n) is 3.65. The minimum atomic E-state index is -0.998. The number of benzene rings is 2. The van der Waals surface area contributed by atoms with Crippen molar-refractivity contribution >= 4 is 34.7 Å². The number of rotatable bonds is 6. The molecule has 2 heterocycles. The first-order valence-corrected chi connectivity index (χ1v) is 10.7. The van der Waals surface area contributed by atoms with E-state index in [4.69, 9.17) is 4.74 Å². The molecule has 0 fully saturated rings. The van der Waals surface area contributed by atoms with Gasteiger partial charge in [0.1, 0.15) is 5.75 Å². The number of amides is 1. The predicted molar refractivity (Wildman–Crippen MR) is 119 cm³/mol. The molecule has 2 aromatic carbocycles. The summed E-state index contributed by atoms with van der Waals surface area (Å²) in [6.07, 6.45) is 0. The van der Waals surface area contributed by atoms with Crippen molar-refractivity contribution in [2.24, 2.45) is 0 Å². The van der Waals surface area contributed by atoms with Gasteiger partial charge in [-0.05, 0) is 54.3 Å². The normalized spacial score (nSPS) is 15.8. The number of aliphatic hydroxyl groups excluding tert-OH is 1. The van der Waals surface area contributed by atoms with E-state index in [0.717, 1.165) is 0 Å². The van der Waals surface area contributed by atoms with E-state index in [1.165, 1.54) is 34.4 Å². The summed E-state index contributed by atoms with van der Waals surface area (Å²) in [4.78, 5) is 40.2. The van der Waals surface area contributed by atoms with Gasteiger partial charge in [0.25, 0.3) is 5.91 Å². The van der Waals surface area contributed by atoms with Crippen LogP contribution >= 0.6 is 11.3 Å². The average Bonchev–Trinajstić information content (AvgIpc) is 3.41. The lowest BCUT2D eigenvalue weighted by Gasteiger charge is -2.27. The third-order valence-corrected chi connectivity index (χ3v) is 5.89. The number of Topliss-reactive ketones (excluding diaryl/α,β-unsaturated/α-hetero) is 1. The SMILES string of the molecule is CCOC(=O)c1cccc(N2C(=O)C(O)=C(C(=O)c3cccs3)C2c2cccc(O)c2)c1. The zero-order valence-corrected chi connectivity index (χ0v) is 17.8. The third-order valence-electron chi connectivity index (χ3n) is 5.02. The Bertz CT molecular complexity index is 1230. The Balaban J connectivity index is 1.86. The van der Waals surface area contributed by atoms with Crippen LogP contribution in [-0.4, -0.2) is 34.5 Å². The molecule has 8 heteroatoms. The largest absolute Gasteiger partial charge is 0.508 e. The topological polar surface area (TPSA) is 104 Å². The molecule has 0 saturated carbocycles. The van der Waals surface area contributed by atoms with Gasteiger partial charge in [-0.15, -0.1) is 11.3 Å². The Morgan fingerprint density at radius 1 is 1.06 bits per heavy atom. The van der Waals surface area contributed by atoms with Gasteiger partial charge >= 0.3 is 5.97 Å². The van der Waals surface area contributed by atoms with E-state index in [2.05, 4.69) is 0 Å². The van der Waals surface area contributed by atoms with E-state index >= 15 is 0 Å². The van der Waals surface area contributed by atoms with Crippen molar-refractivity contribution in [3.8, 4) is 5.75 Å². The number of phenols is 1. The highest BCUT2D eigenvalue weighted by molar-refractivity contribution is 7.12. The lowest BCUT2D eigenvalue weighted by Crippen LogP contribution is -2.31. The number of thiophene rings is 1. The molecule has 1 atom stereocenters. The number of carbonyl (C=O) groups excluding carboxylic acids is 3. The van der Waals surface area contributed by atoms with Crippen LogP contribution in [0.25, 0.3) is 0 Å². The van der Waals surface area contributed by atoms with E-state index in [1.54, 1.807) is 54.8 Å². The fraction of sp³-hybridized carbons (Fsp3) is 0.125. The van der Waals surface area contributed by atoms with E-state index in [0.29, 0.717) is 16.1 Å². The maximum absolute atomic E-state index is 13.2. The Morgan fingerprint density at radius 2 is 1.84 bits per heavy atom. The highest BCUT2D eigenvalue weighted by Gasteiger charge is 2.45. The van der Waals surface area contributed by atoms with Crippen LogP contribution in [0.15, 0.2) is 77.4 Å². The molecule has 0 radical (unpaired) electrons. The summed E-state index contributed by atoms with van der Waals surface area (Å²) in [7, 11) is 0. The minimum absolute atomic E-state index is 0.0514. The second kappa shape index (κ2) is 8.68. The molecule has 162 valence electrons. The quantitative estimate of drug-likeness (QED) is 0.427. The zero-order valence-electron chi connectivity index (χ0n) is 17.0. The average molecular weight is 449 g/mol. The maximum atomic E-state index is 13.2. The van der Waals surface area contributed by atoms with Crippen LogP contribution in [0.4, 0.5) is 5.69 Å². The minimum Gasteiger partial charge on any atom is -0.508 e. The number of aromatic hydroxyl groups is 1. The number of carbonyl (C=O) groups is 3. The Kier molecular flexibility index (Phi) is 5.79. The van der Waals surface area contributed by atoms with Gasteiger partial charge in [0, 0.05) is 5.69 Å². The van der Waals surface area contributed by atoms with Gasteiger partial charge in [-0.25, -0.2) is 4.79 Å². The second-order valence-electron chi connectivity index (χ2n) is 7.01. The number of phenolic OH excluding ortho intramolecular Hbond substituents is 1. The predicted octanol–water partition coefficient (Wildman–Crippen LogP) is 4.41. The lowest BCUT2D eigenvalue weighted by molar-refractivity contribution is -0.117. The van der Waals surface area contributed by atoms with E-state index in [9.17, 15) is 24.6 Å². The van der Waals surface area contributed by atoms with Gasteiger partial charge < -0.3 is 14.9 Å². The molecule has 0 aliphatic carbocycles. The van der Waals surface area contributed by atoms with Crippen LogP contribution in [-0.2, 0) is 9.53 Å². The van der Waals surface area contributed by atoms with Crippen molar-refractivity contribution in [3.05, 3.63) is 93.4 Å². The van der Waals surface area contributed by atoms with Crippen LogP contribution in [0.2, 0.25) is 0 Å². The molecule has 1 unspecified atom stereocenters. The van der Waals surface area contributed by atoms with Gasteiger partial charge in [0.15, 0.2) is 5.76 Å². The van der Waals surface area contributed by atoms with Crippen LogP contribution in [0.1, 0.15) is 38.6 Å². The molecule has 0 spiro atoms. The van der Waals surface area contributed by atoms with E-state index in [-0.39, 0.29) is 23.5 Å². The molecule has 3 aromatic rings. The van der Waals surface area contributed by atoms with Crippen molar-refractivity contribution in [1.29, 1.82) is 0 Å². The number of ether oxygens (including phenoxy) is 1. The Labute approximate surface area is 187 Å². The standard InChI is InChI=1S/C24H19NO6S/c1-2-31-24(30)15-7-3-8-16(12-15)25-20(14-6-4-9-17(26)13-14)19(22(28)23(25)29)21(27)18-10-5-11-32-18/h3-13,20,26,28H,2H2,1H3. The molecule has 1 aromatic heterocycles. The molecule has 7 nitrogen and oxygen atoms in total. The lowest BCUT2D eigenvalue weighted by atomic mass is 9.95. The molecule has 32 heavy (non-hydrogen) atoms. The van der Waals surface area contributed by atoms with E-state index < -0.39 is 29.5 Å². The number of esters is 1. The van der Waals surface area contributed by atoms with Crippen molar-refractivity contribution in [1.82, 2.24) is 0 Å². The van der Waals surface area contributed by atoms with Crippen LogP contribution in [0.3, 0.4) is 0 Å². The van der Waals surface area contributed by atoms with Crippen LogP contribution < -0.4 is 4.90 Å². The summed E-state index contributed by atoms with van der Waals surface area (Å²) >= 11 is 1.20. The van der Waals surface area contributed by atoms with Crippen LogP contribution in [0.5, 0.6) is 5.75 Å². The monoisotopic (exact) mass is 449 g/mol. The number of anilines is 1. The van der Waals surface area contributed by atoms with Crippen molar-refractivity contribution in [2.75, 3.05) is 11.5 Å². The molecule has 1 amide bonds. The van der Waals surface area contributed by atoms with Gasteiger partial charge in [-0.3, -0.25) is 14.5 Å². The molecular formula is C24H19NO6S. The van der Waals surface area contributed by atoms with Crippen LogP contribution in [0, 0.1) is 0 Å². The van der Waals surface area contributed by atoms with Gasteiger partial charge in [-0.2, -0.15) is 0 Å². The zero-order chi connectivity index (χ0) is 22.8. The fourth-order valence-corrected chi connectivity index (χ4v) is 4.33. The highest BCUT2D eigenvalue weighted by Crippen LogP contribution is 2.43. The smallest absolute Gasteiger partial charge is 0.338 e. The Morgan fingerprint density at radius 3 is 2.53 bits per heavy atom. The van der Waals surface area contributed by atoms with E-state index in [1.807, 2.05) is 0 Å². The molecule has 1 aliphatic heterocycles. The van der Waals surface area contributed by atoms with Crippen molar-refractivity contribution in [2.45, 2.75) is 13.0 Å². The number of hydrogen-bond acceptors (Lipinski definition) is 7. The first-order valence-electron chi connectivity index (χ1n) is 9.83. The number of hydrogen-bond donors (Lipinski definition) is 2. The van der Waals surface area contributed by atoms with Gasteiger partial charge in [0.05, 0.1) is 28.7 Å².